The van der Waals surface area contributed by atoms with Crippen LogP contribution in [0.2, 0.25) is 0 Å². The molecule has 1 aromatic heterocycles. The second-order valence-electron chi connectivity index (χ2n) is 4.76. The molecule has 0 aliphatic carbocycles. The lowest BCUT2D eigenvalue weighted by Gasteiger charge is -2.19. The van der Waals surface area contributed by atoms with Crippen LogP contribution in [-0.2, 0) is 4.79 Å². The molecule has 1 aromatic rings. The Balaban J connectivity index is 2.66. The van der Waals surface area contributed by atoms with Gasteiger partial charge in [0, 0.05) is 5.56 Å². The van der Waals surface area contributed by atoms with Gasteiger partial charge in [-0.2, -0.15) is 0 Å². The summed E-state index contributed by atoms with van der Waals surface area (Å²) in [5.41, 5.74) is 0.821. The molecule has 3 atom stereocenters. The van der Waals surface area contributed by atoms with Crippen LogP contribution in [-0.4, -0.2) is 34.4 Å². The highest BCUT2D eigenvalue weighted by atomic mass is 16.4. The highest BCUT2D eigenvalue weighted by Crippen LogP contribution is 2.20. The van der Waals surface area contributed by atoms with Crippen LogP contribution in [0.1, 0.15) is 37.0 Å². The first-order chi connectivity index (χ1) is 9.22. The summed E-state index contributed by atoms with van der Waals surface area (Å²) in [6.45, 7) is 6.65. The number of hydrogen-bond acceptors (Lipinski definition) is 4. The Hall–Kier alpha value is -2.02. The molecule has 7 heteroatoms. The molecular formula is C13H20N2O5. The molecule has 1 heterocycles. The van der Waals surface area contributed by atoms with Crippen LogP contribution in [0.25, 0.3) is 0 Å². The lowest BCUT2D eigenvalue weighted by Crippen LogP contribution is -2.51. The molecule has 0 fully saturated rings. The molecule has 0 radical (unpaired) electrons. The number of carboxylic acids is 1. The monoisotopic (exact) mass is 284 g/mol. The SMILES string of the molecule is Cc1cc(C(C)NC(=O)N[C@H](C(=O)O)[C@@H](C)O)c(C)o1. The van der Waals surface area contributed by atoms with Crippen LogP contribution in [0.15, 0.2) is 10.5 Å². The number of aliphatic hydroxyl groups excluding tert-OH is 1. The summed E-state index contributed by atoms with van der Waals surface area (Å²) in [5, 5.41) is 23.0. The number of rotatable bonds is 5. The number of carboxylic acid groups (broad SMARTS) is 1. The molecular weight excluding hydrogens is 264 g/mol. The summed E-state index contributed by atoms with van der Waals surface area (Å²) in [5.74, 6) is 0.137. The zero-order valence-corrected chi connectivity index (χ0v) is 11.9. The first kappa shape index (κ1) is 16.0. The summed E-state index contributed by atoms with van der Waals surface area (Å²) in [6, 6.07) is -0.543. The van der Waals surface area contributed by atoms with Gasteiger partial charge >= 0.3 is 12.0 Å². The highest BCUT2D eigenvalue weighted by molar-refractivity contribution is 5.83. The minimum absolute atomic E-state index is 0.337. The van der Waals surface area contributed by atoms with Crippen molar-refractivity contribution in [3.63, 3.8) is 0 Å². The van der Waals surface area contributed by atoms with E-state index in [2.05, 4.69) is 10.6 Å². The Morgan fingerprint density at radius 2 is 1.85 bits per heavy atom. The summed E-state index contributed by atoms with van der Waals surface area (Å²) in [6.07, 6.45) is -1.19. The van der Waals surface area contributed by atoms with Crippen LogP contribution in [0.3, 0.4) is 0 Å². The Morgan fingerprint density at radius 3 is 2.25 bits per heavy atom. The fourth-order valence-corrected chi connectivity index (χ4v) is 1.93. The lowest BCUT2D eigenvalue weighted by molar-refractivity contribution is -0.141. The molecule has 20 heavy (non-hydrogen) atoms. The van der Waals surface area contributed by atoms with Gasteiger partial charge in [-0.3, -0.25) is 0 Å². The smallest absolute Gasteiger partial charge is 0.328 e. The molecule has 2 amide bonds. The standard InChI is InChI=1S/C13H20N2O5/c1-6-5-10(9(4)20-6)7(2)14-13(19)15-11(8(3)16)12(17)18/h5,7-8,11,16H,1-4H3,(H,17,18)(H2,14,15,19)/t7?,8-,11+/m1/s1. The van der Waals surface area contributed by atoms with Crippen molar-refractivity contribution in [2.75, 3.05) is 0 Å². The van der Waals surface area contributed by atoms with E-state index in [1.165, 1.54) is 6.92 Å². The maximum absolute atomic E-state index is 11.7. The number of amides is 2. The van der Waals surface area contributed by atoms with E-state index in [0.717, 1.165) is 11.3 Å². The quantitative estimate of drug-likeness (QED) is 0.646. The van der Waals surface area contributed by atoms with Gasteiger partial charge < -0.3 is 25.3 Å². The molecule has 7 nitrogen and oxygen atoms in total. The van der Waals surface area contributed by atoms with Gasteiger partial charge in [-0.05, 0) is 33.8 Å². The van der Waals surface area contributed by atoms with E-state index >= 15 is 0 Å². The zero-order chi connectivity index (χ0) is 15.4. The fraction of sp³-hybridized carbons (Fsp3) is 0.538. The maximum atomic E-state index is 11.7. The highest BCUT2D eigenvalue weighted by Gasteiger charge is 2.25. The molecule has 0 saturated heterocycles. The van der Waals surface area contributed by atoms with E-state index in [4.69, 9.17) is 9.52 Å². The van der Waals surface area contributed by atoms with E-state index < -0.39 is 24.1 Å². The predicted octanol–water partition coefficient (Wildman–Crippen LogP) is 1.09. The topological polar surface area (TPSA) is 112 Å². The van der Waals surface area contributed by atoms with Crippen LogP contribution in [0.4, 0.5) is 4.79 Å². The normalized spacial score (nSPS) is 15.2. The summed E-state index contributed by atoms with van der Waals surface area (Å²) >= 11 is 0. The Labute approximate surface area is 117 Å². The number of aliphatic hydroxyl groups is 1. The molecule has 1 rings (SSSR count). The zero-order valence-electron chi connectivity index (χ0n) is 11.9. The van der Waals surface area contributed by atoms with Crippen molar-refractivity contribution in [3.05, 3.63) is 23.2 Å². The molecule has 0 saturated carbocycles. The van der Waals surface area contributed by atoms with Crippen molar-refractivity contribution >= 4 is 12.0 Å². The van der Waals surface area contributed by atoms with Gasteiger partial charge in [0.1, 0.15) is 11.5 Å². The van der Waals surface area contributed by atoms with E-state index in [1.807, 2.05) is 6.07 Å². The number of aryl methyl sites for hydroxylation is 2. The molecule has 1 unspecified atom stereocenters. The third kappa shape index (κ3) is 3.99. The van der Waals surface area contributed by atoms with E-state index in [9.17, 15) is 14.7 Å². The van der Waals surface area contributed by atoms with Gasteiger partial charge in [-0.25, -0.2) is 9.59 Å². The van der Waals surface area contributed by atoms with Crippen molar-refractivity contribution in [1.82, 2.24) is 10.6 Å². The number of carbonyl (C=O) groups is 2. The maximum Gasteiger partial charge on any atom is 0.328 e. The van der Waals surface area contributed by atoms with E-state index in [-0.39, 0.29) is 6.04 Å². The van der Waals surface area contributed by atoms with Gasteiger partial charge in [0.25, 0.3) is 0 Å². The van der Waals surface area contributed by atoms with Crippen molar-refractivity contribution < 1.29 is 24.2 Å². The first-order valence-electron chi connectivity index (χ1n) is 6.27. The van der Waals surface area contributed by atoms with Crippen molar-refractivity contribution in [3.8, 4) is 0 Å². The van der Waals surface area contributed by atoms with Gasteiger partial charge in [0.2, 0.25) is 0 Å². The lowest BCUT2D eigenvalue weighted by atomic mass is 10.1. The second kappa shape index (κ2) is 6.42. The number of carbonyl (C=O) groups excluding carboxylic acids is 1. The summed E-state index contributed by atoms with van der Waals surface area (Å²) in [7, 11) is 0. The van der Waals surface area contributed by atoms with Crippen LogP contribution >= 0.6 is 0 Å². The Kier molecular flexibility index (Phi) is 5.15. The van der Waals surface area contributed by atoms with E-state index in [0.29, 0.717) is 5.76 Å². The van der Waals surface area contributed by atoms with Gasteiger partial charge in [-0.15, -0.1) is 0 Å². The largest absolute Gasteiger partial charge is 0.480 e. The number of furan rings is 1. The summed E-state index contributed by atoms with van der Waals surface area (Å²) in [4.78, 5) is 22.6. The molecule has 0 aliphatic rings. The van der Waals surface area contributed by atoms with Gasteiger partial charge in [-0.1, -0.05) is 0 Å². The van der Waals surface area contributed by atoms with Crippen LogP contribution < -0.4 is 10.6 Å². The number of urea groups is 1. The van der Waals surface area contributed by atoms with Gasteiger partial charge in [0.15, 0.2) is 6.04 Å². The third-order valence-corrected chi connectivity index (χ3v) is 2.93. The predicted molar refractivity (Wildman–Crippen MR) is 71.4 cm³/mol. The summed E-state index contributed by atoms with van der Waals surface area (Å²) < 4.78 is 5.37. The molecule has 0 bridgehead atoms. The van der Waals surface area contributed by atoms with Crippen LogP contribution in [0.5, 0.6) is 0 Å². The number of aliphatic carboxylic acids is 1. The van der Waals surface area contributed by atoms with Crippen molar-refractivity contribution in [2.45, 2.75) is 45.9 Å². The average molecular weight is 284 g/mol. The Bertz CT molecular complexity index is 495. The minimum atomic E-state index is -1.35. The van der Waals surface area contributed by atoms with Crippen molar-refractivity contribution in [1.29, 1.82) is 0 Å². The third-order valence-electron chi connectivity index (χ3n) is 2.93. The first-order valence-corrected chi connectivity index (χ1v) is 6.27. The van der Waals surface area contributed by atoms with Gasteiger partial charge in [0.05, 0.1) is 12.1 Å². The van der Waals surface area contributed by atoms with Crippen molar-refractivity contribution in [2.24, 2.45) is 0 Å². The number of hydrogen-bond donors (Lipinski definition) is 4. The average Bonchev–Trinajstić information content (AvgIpc) is 2.64. The molecule has 0 aromatic carbocycles. The molecule has 0 aliphatic heterocycles. The minimum Gasteiger partial charge on any atom is -0.480 e. The second-order valence-corrected chi connectivity index (χ2v) is 4.76. The molecule has 112 valence electrons. The van der Waals surface area contributed by atoms with E-state index in [1.54, 1.807) is 20.8 Å². The van der Waals surface area contributed by atoms with Crippen LogP contribution in [0, 0.1) is 13.8 Å². The fourth-order valence-electron chi connectivity index (χ4n) is 1.93. The molecule has 0 spiro atoms. The number of nitrogens with one attached hydrogen (secondary N) is 2. The molecule has 4 N–H and O–H groups in total. The Morgan fingerprint density at radius 1 is 1.25 bits per heavy atom.